The smallest absolute Gasteiger partial charge is 0.193 e. The average molecular weight is 505 g/mol. The molecule has 1 unspecified atom stereocenters. The molecule has 0 bridgehead atoms. The van der Waals surface area contributed by atoms with Gasteiger partial charge in [0.05, 0.1) is 19.3 Å². The van der Waals surface area contributed by atoms with Crippen LogP contribution in [0.4, 0.5) is 10.2 Å². The van der Waals surface area contributed by atoms with Gasteiger partial charge in [-0.1, -0.05) is 36.0 Å². The molecule has 5 atom stereocenters. The molecule has 3 aromatic rings. The molecular formula is C23H29FN6O4S. The Bertz CT molecular complexity index is 1230. The van der Waals surface area contributed by atoms with Crippen molar-refractivity contribution in [3.05, 3.63) is 35.1 Å². The molecule has 2 heterocycles. The second-order valence-electron chi connectivity index (χ2n) is 9.14. The third-order valence-corrected chi connectivity index (χ3v) is 7.61. The van der Waals surface area contributed by atoms with Crippen LogP contribution in [0.5, 0.6) is 0 Å². The van der Waals surface area contributed by atoms with Crippen LogP contribution in [0.25, 0.3) is 11.2 Å². The van der Waals surface area contributed by atoms with Crippen LogP contribution in [-0.4, -0.2) is 77.5 Å². The van der Waals surface area contributed by atoms with Crippen molar-refractivity contribution < 1.29 is 24.4 Å². The highest BCUT2D eigenvalue weighted by molar-refractivity contribution is 7.99. The lowest BCUT2D eigenvalue weighted by molar-refractivity contribution is -0.275. The molecular weight excluding hydrogens is 475 g/mol. The second-order valence-corrected chi connectivity index (χ2v) is 10.2. The van der Waals surface area contributed by atoms with Gasteiger partial charge in [0, 0.05) is 24.1 Å². The summed E-state index contributed by atoms with van der Waals surface area (Å²) in [6, 6.07) is 5.28. The maximum Gasteiger partial charge on any atom is 0.193 e. The van der Waals surface area contributed by atoms with Crippen LogP contribution < -0.4 is 5.32 Å². The number of anilines is 1. The van der Waals surface area contributed by atoms with Crippen LogP contribution in [0.15, 0.2) is 23.4 Å². The van der Waals surface area contributed by atoms with Crippen molar-refractivity contribution in [2.45, 2.75) is 68.2 Å². The third-order valence-electron chi connectivity index (χ3n) is 6.56. The molecule has 2 saturated carbocycles. The first-order valence-corrected chi connectivity index (χ1v) is 12.8. The van der Waals surface area contributed by atoms with Gasteiger partial charge in [0.15, 0.2) is 27.9 Å². The molecule has 2 aromatic heterocycles. The average Bonchev–Trinajstić information content (AvgIpc) is 3.48. The summed E-state index contributed by atoms with van der Waals surface area (Å²) < 4.78 is 20.3. The Hall–Kier alpha value is -2.38. The molecule has 35 heavy (non-hydrogen) atoms. The van der Waals surface area contributed by atoms with E-state index in [9.17, 15) is 14.6 Å². The second kappa shape index (κ2) is 9.58. The van der Waals surface area contributed by atoms with E-state index in [2.05, 4.69) is 32.5 Å². The minimum atomic E-state index is -1.72. The van der Waals surface area contributed by atoms with E-state index in [1.165, 1.54) is 22.5 Å². The minimum absolute atomic E-state index is 0.0695. The van der Waals surface area contributed by atoms with Gasteiger partial charge in [-0.3, -0.25) is 0 Å². The summed E-state index contributed by atoms with van der Waals surface area (Å²) >= 11 is 1.49. The maximum atomic E-state index is 13.7. The number of nitrogens with zero attached hydrogens (tertiary/aromatic N) is 5. The Morgan fingerprint density at radius 3 is 2.89 bits per heavy atom. The van der Waals surface area contributed by atoms with Gasteiger partial charge in [-0.2, -0.15) is 4.68 Å². The zero-order valence-corrected chi connectivity index (χ0v) is 20.4. The maximum absolute atomic E-state index is 13.7. The fourth-order valence-corrected chi connectivity index (χ4v) is 5.14. The number of rotatable bonds is 10. The molecule has 0 radical (unpaired) electrons. The zero-order chi connectivity index (χ0) is 24.7. The predicted octanol–water partition coefficient (Wildman–Crippen LogP) is 1.93. The quantitative estimate of drug-likeness (QED) is 0.239. The largest absolute Gasteiger partial charge is 0.394 e. The Morgan fingerprint density at radius 1 is 1.34 bits per heavy atom. The first kappa shape index (κ1) is 24.3. The van der Waals surface area contributed by atoms with Gasteiger partial charge >= 0.3 is 0 Å². The van der Waals surface area contributed by atoms with Crippen LogP contribution in [0.3, 0.4) is 0 Å². The number of nitrogens with one attached hydrogen (secondary N) is 1. The Labute approximate surface area is 205 Å². The summed E-state index contributed by atoms with van der Waals surface area (Å²) in [5.74, 6) is 1.34. The molecule has 2 aliphatic rings. The Balaban J connectivity index is 1.42. The lowest BCUT2D eigenvalue weighted by Crippen LogP contribution is -2.64. The third kappa shape index (κ3) is 4.49. The van der Waals surface area contributed by atoms with Crippen LogP contribution >= 0.6 is 11.8 Å². The van der Waals surface area contributed by atoms with E-state index in [1.54, 1.807) is 6.92 Å². The summed E-state index contributed by atoms with van der Waals surface area (Å²) in [7, 11) is 0. The number of aliphatic hydroxyl groups excluding tert-OH is 2. The van der Waals surface area contributed by atoms with E-state index in [4.69, 9.17) is 9.84 Å². The summed E-state index contributed by atoms with van der Waals surface area (Å²) in [5, 5.41) is 43.0. The number of aliphatic hydroxyl groups is 3. The molecule has 5 rings (SSSR count). The molecule has 0 amide bonds. The van der Waals surface area contributed by atoms with Gasteiger partial charge in [-0.05, 0) is 37.0 Å². The number of ether oxygens (including phenoxy) is 1. The Morgan fingerprint density at radius 2 is 2.17 bits per heavy atom. The Kier molecular flexibility index (Phi) is 6.66. The number of thioether (sulfide) groups is 1. The van der Waals surface area contributed by atoms with E-state index < -0.39 is 17.9 Å². The highest BCUT2D eigenvalue weighted by Gasteiger charge is 2.56. The van der Waals surface area contributed by atoms with Gasteiger partial charge in [0.1, 0.15) is 11.9 Å². The zero-order valence-electron chi connectivity index (χ0n) is 19.6. The minimum Gasteiger partial charge on any atom is -0.394 e. The van der Waals surface area contributed by atoms with E-state index in [-0.39, 0.29) is 37.4 Å². The topological polar surface area (TPSA) is 138 Å². The van der Waals surface area contributed by atoms with Crippen LogP contribution in [-0.2, 0) is 10.5 Å². The van der Waals surface area contributed by atoms with Crippen LogP contribution in [0.2, 0.25) is 0 Å². The number of fused-ring (bicyclic) bond motifs is 1. The first-order valence-electron chi connectivity index (χ1n) is 11.8. The summed E-state index contributed by atoms with van der Waals surface area (Å²) in [6.07, 6.45) is 0.0332. The van der Waals surface area contributed by atoms with Crippen molar-refractivity contribution in [3.63, 3.8) is 0 Å². The van der Waals surface area contributed by atoms with E-state index in [1.807, 2.05) is 12.1 Å². The molecule has 0 aliphatic heterocycles. The number of benzene rings is 1. The van der Waals surface area contributed by atoms with Crippen molar-refractivity contribution >= 4 is 28.7 Å². The SMILES string of the molecule is CCCSc1nc(N[C@@H]2C[C@H]2c2ccc(F)c(C)c2)c2nnn([C@]3(O)C[C@H](OCCO)C3O)c2n1. The molecule has 4 N–H and O–H groups in total. The number of aryl methyl sites for hydroxylation is 1. The van der Waals surface area contributed by atoms with Gasteiger partial charge in [0.2, 0.25) is 0 Å². The molecule has 1 aromatic carbocycles. The number of hydrogen-bond donors (Lipinski definition) is 4. The molecule has 2 fully saturated rings. The normalized spacial score (nSPS) is 27.7. The van der Waals surface area contributed by atoms with E-state index in [0.29, 0.717) is 27.7 Å². The molecule has 10 nitrogen and oxygen atoms in total. The molecule has 0 spiro atoms. The number of aromatic nitrogens is 5. The van der Waals surface area contributed by atoms with Gasteiger partial charge in [0.25, 0.3) is 0 Å². The molecule has 0 saturated heterocycles. The van der Waals surface area contributed by atoms with Crippen molar-refractivity contribution in [3.8, 4) is 0 Å². The number of hydrogen-bond acceptors (Lipinski definition) is 10. The summed E-state index contributed by atoms with van der Waals surface area (Å²) in [6.45, 7) is 3.72. The van der Waals surface area contributed by atoms with Crippen LogP contribution in [0, 0.1) is 12.7 Å². The molecule has 2 aliphatic carbocycles. The highest BCUT2D eigenvalue weighted by atomic mass is 32.2. The molecule has 12 heteroatoms. The lowest BCUT2D eigenvalue weighted by Gasteiger charge is -2.47. The standard InChI is InChI=1S/C23H29FN6O4S/c1-3-8-35-22-26-20(25-16-10-14(16)13-4-5-15(24)12(2)9-13)18-21(27-22)30(29-28-18)23(33)11-17(19(23)32)34-7-6-31/h4-5,9,14,16-17,19,31-33H,3,6-8,10-11H2,1-2H3,(H,25,26,27)/t14-,16+,17-,19?,23-/m0/s1. The summed E-state index contributed by atoms with van der Waals surface area (Å²) in [5.41, 5.74) is 0.676. The monoisotopic (exact) mass is 504 g/mol. The van der Waals surface area contributed by atoms with Crippen molar-refractivity contribution in [1.82, 2.24) is 25.0 Å². The first-order chi connectivity index (χ1) is 16.9. The van der Waals surface area contributed by atoms with Gasteiger partial charge < -0.3 is 25.4 Å². The van der Waals surface area contributed by atoms with E-state index in [0.717, 1.165) is 24.2 Å². The molecule has 188 valence electrons. The van der Waals surface area contributed by atoms with Crippen LogP contribution in [0.1, 0.15) is 43.2 Å². The lowest BCUT2D eigenvalue weighted by atomic mass is 9.81. The van der Waals surface area contributed by atoms with Crippen molar-refractivity contribution in [1.29, 1.82) is 0 Å². The van der Waals surface area contributed by atoms with E-state index >= 15 is 0 Å². The highest BCUT2D eigenvalue weighted by Crippen LogP contribution is 2.44. The van der Waals surface area contributed by atoms with Gasteiger partial charge in [-0.25, -0.2) is 14.4 Å². The number of halogens is 1. The fraction of sp³-hybridized carbons (Fsp3) is 0.565. The summed E-state index contributed by atoms with van der Waals surface area (Å²) in [4.78, 5) is 9.25. The van der Waals surface area contributed by atoms with Gasteiger partial charge in [-0.15, -0.1) is 5.10 Å². The van der Waals surface area contributed by atoms with Crippen molar-refractivity contribution in [2.24, 2.45) is 0 Å². The van der Waals surface area contributed by atoms with Crippen molar-refractivity contribution in [2.75, 3.05) is 24.3 Å². The predicted molar refractivity (Wildman–Crippen MR) is 128 cm³/mol. The fourth-order valence-electron chi connectivity index (χ4n) is 4.44.